The van der Waals surface area contributed by atoms with Gasteiger partial charge in [-0.25, -0.2) is 0 Å². The third kappa shape index (κ3) is 3.19. The van der Waals surface area contributed by atoms with Crippen molar-refractivity contribution < 1.29 is 23.8 Å². The van der Waals surface area contributed by atoms with Crippen LogP contribution in [0.2, 0.25) is 0 Å². The number of esters is 2. The highest BCUT2D eigenvalue weighted by atomic mass is 16.6. The van der Waals surface area contributed by atoms with E-state index >= 15 is 0 Å². The van der Waals surface area contributed by atoms with E-state index in [9.17, 15) is 9.59 Å². The molecule has 3 atom stereocenters. The lowest BCUT2D eigenvalue weighted by molar-refractivity contribution is -0.158. The Morgan fingerprint density at radius 1 is 1.41 bits per heavy atom. The second-order valence-corrected chi connectivity index (χ2v) is 4.59. The van der Waals surface area contributed by atoms with E-state index in [2.05, 4.69) is 0 Å². The summed E-state index contributed by atoms with van der Waals surface area (Å²) >= 11 is 0. The van der Waals surface area contributed by atoms with Crippen LogP contribution in [0.4, 0.5) is 0 Å². The van der Waals surface area contributed by atoms with E-state index in [0.29, 0.717) is 6.61 Å². The first-order chi connectivity index (χ1) is 8.16. The van der Waals surface area contributed by atoms with E-state index in [0.717, 1.165) is 25.7 Å². The van der Waals surface area contributed by atoms with Crippen molar-refractivity contribution in [1.29, 1.82) is 0 Å². The van der Waals surface area contributed by atoms with Crippen LogP contribution < -0.4 is 0 Å². The molecule has 2 saturated heterocycles. The van der Waals surface area contributed by atoms with Crippen molar-refractivity contribution in [1.82, 2.24) is 0 Å². The molecular formula is C12H18O5. The van der Waals surface area contributed by atoms with Gasteiger partial charge in [0.25, 0.3) is 0 Å². The average Bonchev–Trinajstić information content (AvgIpc) is 2.73. The number of hydrogen-bond acceptors (Lipinski definition) is 5. The van der Waals surface area contributed by atoms with Gasteiger partial charge in [0.15, 0.2) is 0 Å². The van der Waals surface area contributed by atoms with Crippen LogP contribution in [-0.4, -0.2) is 37.4 Å². The van der Waals surface area contributed by atoms with Crippen molar-refractivity contribution in [3.8, 4) is 0 Å². The second kappa shape index (κ2) is 5.49. The molecule has 0 bridgehead atoms. The molecule has 2 heterocycles. The molecule has 0 saturated carbocycles. The van der Waals surface area contributed by atoms with Crippen molar-refractivity contribution in [2.24, 2.45) is 5.92 Å². The van der Waals surface area contributed by atoms with Gasteiger partial charge >= 0.3 is 11.9 Å². The van der Waals surface area contributed by atoms with Crippen LogP contribution in [0, 0.1) is 5.92 Å². The topological polar surface area (TPSA) is 61.8 Å². The summed E-state index contributed by atoms with van der Waals surface area (Å²) in [5, 5.41) is 0. The third-order valence-electron chi connectivity index (χ3n) is 3.28. The molecule has 96 valence electrons. The van der Waals surface area contributed by atoms with Crippen molar-refractivity contribution >= 4 is 11.9 Å². The Kier molecular flexibility index (Phi) is 3.99. The summed E-state index contributed by atoms with van der Waals surface area (Å²) in [7, 11) is 0. The lowest BCUT2D eigenvalue weighted by Gasteiger charge is -2.31. The summed E-state index contributed by atoms with van der Waals surface area (Å²) in [5.41, 5.74) is 0. The average molecular weight is 242 g/mol. The fourth-order valence-corrected chi connectivity index (χ4v) is 2.41. The van der Waals surface area contributed by atoms with E-state index in [1.807, 2.05) is 0 Å². The summed E-state index contributed by atoms with van der Waals surface area (Å²) in [5.74, 6) is -0.575. The predicted octanol–water partition coefficient (Wildman–Crippen LogP) is 1.05. The maximum atomic E-state index is 11.5. The van der Waals surface area contributed by atoms with Crippen LogP contribution in [-0.2, 0) is 23.8 Å². The van der Waals surface area contributed by atoms with E-state index in [1.165, 1.54) is 6.92 Å². The van der Waals surface area contributed by atoms with Gasteiger partial charge in [0, 0.05) is 6.92 Å². The van der Waals surface area contributed by atoms with Crippen LogP contribution in [0.5, 0.6) is 0 Å². The van der Waals surface area contributed by atoms with Gasteiger partial charge in [0.05, 0.1) is 24.7 Å². The summed E-state index contributed by atoms with van der Waals surface area (Å²) in [6, 6.07) is 0. The van der Waals surface area contributed by atoms with Crippen molar-refractivity contribution in [3.05, 3.63) is 0 Å². The molecule has 5 nitrogen and oxygen atoms in total. The minimum Gasteiger partial charge on any atom is -0.465 e. The first kappa shape index (κ1) is 12.4. The van der Waals surface area contributed by atoms with Gasteiger partial charge < -0.3 is 14.2 Å². The van der Waals surface area contributed by atoms with Crippen LogP contribution in [0.3, 0.4) is 0 Å². The van der Waals surface area contributed by atoms with Crippen LogP contribution in [0.15, 0.2) is 0 Å². The van der Waals surface area contributed by atoms with Gasteiger partial charge in [-0.2, -0.15) is 0 Å². The molecule has 0 aromatic heterocycles. The van der Waals surface area contributed by atoms with Gasteiger partial charge in [-0.05, 0) is 25.7 Å². The molecule has 3 unspecified atom stereocenters. The third-order valence-corrected chi connectivity index (χ3v) is 3.28. The largest absolute Gasteiger partial charge is 0.465 e. The van der Waals surface area contributed by atoms with Crippen LogP contribution in [0.25, 0.3) is 0 Å². The first-order valence-corrected chi connectivity index (χ1v) is 6.12. The minimum atomic E-state index is -0.295. The molecule has 0 amide bonds. The summed E-state index contributed by atoms with van der Waals surface area (Å²) in [6.07, 6.45) is 3.36. The van der Waals surface area contributed by atoms with Crippen molar-refractivity contribution in [3.63, 3.8) is 0 Å². The maximum absolute atomic E-state index is 11.5. The minimum absolute atomic E-state index is 0.0701. The molecule has 17 heavy (non-hydrogen) atoms. The molecule has 0 aliphatic carbocycles. The molecule has 0 spiro atoms. The highest BCUT2D eigenvalue weighted by Gasteiger charge is 2.37. The number of cyclic esters (lactones) is 1. The van der Waals surface area contributed by atoms with E-state index in [1.54, 1.807) is 0 Å². The number of carbonyl (C=O) groups excluding carboxylic acids is 2. The molecule has 2 aliphatic heterocycles. The Labute approximate surface area is 100 Å². The molecule has 2 aliphatic rings. The van der Waals surface area contributed by atoms with Gasteiger partial charge in [-0.1, -0.05) is 0 Å². The van der Waals surface area contributed by atoms with E-state index in [-0.39, 0.29) is 36.7 Å². The number of ether oxygens (including phenoxy) is 3. The summed E-state index contributed by atoms with van der Waals surface area (Å²) < 4.78 is 15.7. The standard InChI is InChI=1S/C12H18O5/c1-8(13)16-7-9-3-2-4-11(17-9)10-5-6-15-12(10)14/h9-11H,2-7H2,1H3. The van der Waals surface area contributed by atoms with E-state index in [4.69, 9.17) is 14.2 Å². The monoisotopic (exact) mass is 242 g/mol. The van der Waals surface area contributed by atoms with Gasteiger partial charge in [0.1, 0.15) is 6.61 Å². The van der Waals surface area contributed by atoms with E-state index < -0.39 is 0 Å². The Morgan fingerprint density at radius 2 is 2.24 bits per heavy atom. The molecule has 0 radical (unpaired) electrons. The zero-order chi connectivity index (χ0) is 12.3. The van der Waals surface area contributed by atoms with Gasteiger partial charge in [-0.15, -0.1) is 0 Å². The van der Waals surface area contributed by atoms with Gasteiger partial charge in [-0.3, -0.25) is 9.59 Å². The number of hydrogen-bond donors (Lipinski definition) is 0. The zero-order valence-electron chi connectivity index (χ0n) is 10.0. The normalized spacial score (nSPS) is 33.2. The number of rotatable bonds is 3. The molecule has 0 aromatic rings. The molecule has 2 rings (SSSR count). The quantitative estimate of drug-likeness (QED) is 0.692. The number of carbonyl (C=O) groups is 2. The lowest BCUT2D eigenvalue weighted by atomic mass is 9.93. The zero-order valence-corrected chi connectivity index (χ0v) is 10.0. The molecule has 5 heteroatoms. The highest BCUT2D eigenvalue weighted by Crippen LogP contribution is 2.29. The molecule has 0 N–H and O–H groups in total. The fraction of sp³-hybridized carbons (Fsp3) is 0.833. The Balaban J connectivity index is 1.84. The molecule has 2 fully saturated rings. The van der Waals surface area contributed by atoms with Gasteiger partial charge in [0.2, 0.25) is 0 Å². The molecule has 0 aromatic carbocycles. The first-order valence-electron chi connectivity index (χ1n) is 6.12. The molecular weight excluding hydrogens is 224 g/mol. The Hall–Kier alpha value is -1.10. The SMILES string of the molecule is CC(=O)OCC1CCCC(C2CCOC2=O)O1. The summed E-state index contributed by atoms with van der Waals surface area (Å²) in [4.78, 5) is 22.2. The predicted molar refractivity (Wildman–Crippen MR) is 58.2 cm³/mol. The van der Waals surface area contributed by atoms with Crippen molar-refractivity contribution in [2.75, 3.05) is 13.2 Å². The van der Waals surface area contributed by atoms with Crippen LogP contribution in [0.1, 0.15) is 32.6 Å². The Bertz CT molecular complexity index is 301. The maximum Gasteiger partial charge on any atom is 0.311 e. The van der Waals surface area contributed by atoms with Crippen LogP contribution >= 0.6 is 0 Å². The second-order valence-electron chi connectivity index (χ2n) is 4.59. The highest BCUT2D eigenvalue weighted by molar-refractivity contribution is 5.74. The van der Waals surface area contributed by atoms with Crippen molar-refractivity contribution in [2.45, 2.75) is 44.8 Å². The Morgan fingerprint density at radius 3 is 2.88 bits per heavy atom. The lowest BCUT2D eigenvalue weighted by Crippen LogP contribution is -2.37. The fourth-order valence-electron chi connectivity index (χ4n) is 2.41. The summed E-state index contributed by atoms with van der Waals surface area (Å²) in [6.45, 7) is 2.17. The smallest absolute Gasteiger partial charge is 0.311 e.